The van der Waals surface area contributed by atoms with Crippen molar-refractivity contribution in [2.24, 2.45) is 5.92 Å². The lowest BCUT2D eigenvalue weighted by molar-refractivity contribution is -0.384. The van der Waals surface area contributed by atoms with Crippen LogP contribution in [0, 0.1) is 16.0 Å². The predicted molar refractivity (Wildman–Crippen MR) is 74.9 cm³/mol. The third-order valence-corrected chi connectivity index (χ3v) is 3.57. The minimum absolute atomic E-state index is 0.0561. The highest BCUT2D eigenvalue weighted by molar-refractivity contribution is 6.29. The fraction of sp³-hybridized carbons (Fsp3) is 0.500. The van der Waals surface area contributed by atoms with E-state index in [0.29, 0.717) is 13.1 Å². The van der Waals surface area contributed by atoms with Crippen LogP contribution >= 0.6 is 11.6 Å². The van der Waals surface area contributed by atoms with E-state index in [1.165, 1.54) is 12.1 Å². The van der Waals surface area contributed by atoms with E-state index in [-0.39, 0.29) is 28.5 Å². The van der Waals surface area contributed by atoms with Crippen LogP contribution in [0.15, 0.2) is 12.1 Å². The zero-order chi connectivity index (χ0) is 14.7. The molecule has 1 unspecified atom stereocenters. The maximum Gasteiger partial charge on any atom is 0.311 e. The lowest BCUT2D eigenvalue weighted by Gasteiger charge is -2.32. The van der Waals surface area contributed by atoms with Crippen LogP contribution in [0.1, 0.15) is 12.8 Å². The topological polar surface area (TPSA) is 88.4 Å². The zero-order valence-corrected chi connectivity index (χ0v) is 11.8. The lowest BCUT2D eigenvalue weighted by atomic mass is 9.97. The lowest BCUT2D eigenvalue weighted by Crippen LogP contribution is -2.42. The number of pyridine rings is 1. The highest BCUT2D eigenvalue weighted by Gasteiger charge is 2.29. The molecule has 1 N–H and O–H groups in total. The first-order chi connectivity index (χ1) is 9.52. The first kappa shape index (κ1) is 14.5. The van der Waals surface area contributed by atoms with Gasteiger partial charge in [0.05, 0.1) is 10.8 Å². The van der Waals surface area contributed by atoms with E-state index in [1.54, 1.807) is 11.9 Å². The van der Waals surface area contributed by atoms with Crippen LogP contribution in [-0.2, 0) is 4.79 Å². The summed E-state index contributed by atoms with van der Waals surface area (Å²) in [5.41, 5.74) is -0.0908. The standard InChI is InChI=1S/C12H15ClN4O3/c1-14-12(18)8-3-2-6-16(7-8)11-9(17(19)20)4-5-10(13)15-11/h4-5,8H,2-3,6-7H2,1H3,(H,14,18). The maximum absolute atomic E-state index is 11.7. The van der Waals surface area contributed by atoms with E-state index in [4.69, 9.17) is 11.6 Å². The number of hydrogen-bond donors (Lipinski definition) is 1. The van der Waals surface area contributed by atoms with Crippen molar-refractivity contribution in [3.63, 3.8) is 0 Å². The van der Waals surface area contributed by atoms with Crippen LogP contribution in [0.5, 0.6) is 0 Å². The van der Waals surface area contributed by atoms with Gasteiger partial charge >= 0.3 is 5.69 Å². The minimum Gasteiger partial charge on any atom is -0.359 e. The third kappa shape index (κ3) is 2.98. The van der Waals surface area contributed by atoms with Gasteiger partial charge in [-0.3, -0.25) is 14.9 Å². The molecule has 0 saturated carbocycles. The van der Waals surface area contributed by atoms with Gasteiger partial charge in [-0.2, -0.15) is 0 Å². The minimum atomic E-state index is -0.484. The molecule has 1 fully saturated rings. The molecule has 0 aromatic carbocycles. The molecule has 20 heavy (non-hydrogen) atoms. The van der Waals surface area contributed by atoms with Crippen molar-refractivity contribution < 1.29 is 9.72 Å². The van der Waals surface area contributed by atoms with Crippen molar-refractivity contribution in [1.29, 1.82) is 0 Å². The van der Waals surface area contributed by atoms with E-state index in [0.717, 1.165) is 12.8 Å². The van der Waals surface area contributed by atoms with Gasteiger partial charge in [0.15, 0.2) is 0 Å². The summed E-state index contributed by atoms with van der Waals surface area (Å²) in [6.07, 6.45) is 1.55. The molecule has 0 bridgehead atoms. The summed E-state index contributed by atoms with van der Waals surface area (Å²) in [5.74, 6) is -0.00961. The van der Waals surface area contributed by atoms with Crippen molar-refractivity contribution in [1.82, 2.24) is 10.3 Å². The Labute approximate surface area is 121 Å². The third-order valence-electron chi connectivity index (χ3n) is 3.36. The number of nitro groups is 1. The van der Waals surface area contributed by atoms with Gasteiger partial charge in [0.1, 0.15) is 5.15 Å². The van der Waals surface area contributed by atoms with Gasteiger partial charge in [-0.05, 0) is 18.9 Å². The molecule has 1 aliphatic rings. The van der Waals surface area contributed by atoms with Crippen LogP contribution in [0.25, 0.3) is 0 Å². The molecule has 108 valence electrons. The Kier molecular flexibility index (Phi) is 4.39. The Morgan fingerprint density at radius 3 is 3.00 bits per heavy atom. The van der Waals surface area contributed by atoms with Gasteiger partial charge in [-0.25, -0.2) is 4.98 Å². The molecule has 7 nitrogen and oxygen atoms in total. The van der Waals surface area contributed by atoms with Crippen LogP contribution in [0.3, 0.4) is 0 Å². The van der Waals surface area contributed by atoms with Gasteiger partial charge in [0.25, 0.3) is 0 Å². The number of hydrogen-bond acceptors (Lipinski definition) is 5. The van der Waals surface area contributed by atoms with Crippen molar-refractivity contribution in [2.75, 3.05) is 25.0 Å². The van der Waals surface area contributed by atoms with Crippen LogP contribution < -0.4 is 10.2 Å². The number of halogens is 1. The van der Waals surface area contributed by atoms with Crippen molar-refractivity contribution in [2.45, 2.75) is 12.8 Å². The Balaban J connectivity index is 2.28. The number of rotatable bonds is 3. The first-order valence-electron chi connectivity index (χ1n) is 6.30. The molecule has 2 rings (SSSR count). The number of piperidine rings is 1. The average Bonchev–Trinajstić information content (AvgIpc) is 2.46. The molecule has 1 atom stereocenters. The molecule has 0 aliphatic carbocycles. The number of carbonyl (C=O) groups is 1. The fourth-order valence-corrected chi connectivity index (χ4v) is 2.52. The number of aromatic nitrogens is 1. The molecule has 1 saturated heterocycles. The molecule has 1 aliphatic heterocycles. The number of nitrogens with zero attached hydrogens (tertiary/aromatic N) is 3. The van der Waals surface area contributed by atoms with Crippen LogP contribution in [0.4, 0.5) is 11.5 Å². The van der Waals surface area contributed by atoms with Crippen molar-refractivity contribution in [3.05, 3.63) is 27.4 Å². The summed E-state index contributed by atoms with van der Waals surface area (Å²) in [6, 6.07) is 2.73. The van der Waals surface area contributed by atoms with E-state index >= 15 is 0 Å². The monoisotopic (exact) mass is 298 g/mol. The summed E-state index contributed by atoms with van der Waals surface area (Å²) in [5, 5.41) is 13.9. The van der Waals surface area contributed by atoms with Crippen LogP contribution in [-0.4, -0.2) is 36.0 Å². The van der Waals surface area contributed by atoms with Gasteiger partial charge in [0, 0.05) is 26.2 Å². The summed E-state index contributed by atoms with van der Waals surface area (Å²) in [4.78, 5) is 28.1. The van der Waals surface area contributed by atoms with E-state index in [9.17, 15) is 14.9 Å². The quantitative estimate of drug-likeness (QED) is 0.520. The molecule has 1 aromatic rings. The van der Waals surface area contributed by atoms with Gasteiger partial charge < -0.3 is 10.2 Å². The summed E-state index contributed by atoms with van der Waals surface area (Å²) in [7, 11) is 1.58. The molecular weight excluding hydrogens is 284 g/mol. The fourth-order valence-electron chi connectivity index (χ4n) is 2.38. The number of anilines is 1. The van der Waals surface area contributed by atoms with E-state index in [2.05, 4.69) is 10.3 Å². The Bertz CT molecular complexity index is 537. The molecule has 2 heterocycles. The predicted octanol–water partition coefficient (Wildman–Crippen LogP) is 1.61. The highest BCUT2D eigenvalue weighted by Crippen LogP contribution is 2.31. The zero-order valence-electron chi connectivity index (χ0n) is 11.0. The Morgan fingerprint density at radius 2 is 2.35 bits per heavy atom. The summed E-state index contributed by atoms with van der Waals surface area (Å²) >= 11 is 5.83. The van der Waals surface area contributed by atoms with Gasteiger partial charge in [0.2, 0.25) is 11.7 Å². The average molecular weight is 299 g/mol. The largest absolute Gasteiger partial charge is 0.359 e. The SMILES string of the molecule is CNC(=O)C1CCCN(c2nc(Cl)ccc2[N+](=O)[O-])C1. The van der Waals surface area contributed by atoms with Crippen molar-refractivity contribution in [3.8, 4) is 0 Å². The molecule has 1 amide bonds. The number of nitrogens with one attached hydrogen (secondary N) is 1. The second-order valence-corrected chi connectivity index (χ2v) is 5.02. The maximum atomic E-state index is 11.7. The molecule has 0 spiro atoms. The number of amides is 1. The molecule has 8 heteroatoms. The van der Waals surface area contributed by atoms with Crippen LogP contribution in [0.2, 0.25) is 5.15 Å². The molecule has 1 aromatic heterocycles. The van der Waals surface area contributed by atoms with E-state index in [1.807, 2.05) is 0 Å². The normalized spacial score (nSPS) is 18.7. The summed E-state index contributed by atoms with van der Waals surface area (Å²) < 4.78 is 0. The second-order valence-electron chi connectivity index (χ2n) is 4.63. The number of carbonyl (C=O) groups excluding carboxylic acids is 1. The first-order valence-corrected chi connectivity index (χ1v) is 6.68. The summed E-state index contributed by atoms with van der Waals surface area (Å²) in [6.45, 7) is 1.04. The van der Waals surface area contributed by atoms with Gasteiger partial charge in [-0.1, -0.05) is 11.6 Å². The molecular formula is C12H15ClN4O3. The smallest absolute Gasteiger partial charge is 0.311 e. The second kappa shape index (κ2) is 6.04. The van der Waals surface area contributed by atoms with Gasteiger partial charge in [-0.15, -0.1) is 0 Å². The van der Waals surface area contributed by atoms with Crippen molar-refractivity contribution >= 4 is 29.0 Å². The highest BCUT2D eigenvalue weighted by atomic mass is 35.5. The Hall–Kier alpha value is -1.89. The van der Waals surface area contributed by atoms with E-state index < -0.39 is 4.92 Å². The molecule has 0 radical (unpaired) electrons. The Morgan fingerprint density at radius 1 is 1.60 bits per heavy atom.